The summed E-state index contributed by atoms with van der Waals surface area (Å²) >= 11 is -1.72. The van der Waals surface area contributed by atoms with Gasteiger partial charge >= 0.3 is 6.18 Å². The number of nitrogens with one attached hydrogen (secondary N) is 1. The smallest absolute Gasteiger partial charge is 0.433 e. The van der Waals surface area contributed by atoms with Gasteiger partial charge in [-0.2, -0.15) is 13.2 Å². The maximum atomic E-state index is 14.2. The van der Waals surface area contributed by atoms with Crippen LogP contribution in [-0.4, -0.2) is 57.1 Å². The Bertz CT molecular complexity index is 956. The van der Waals surface area contributed by atoms with Gasteiger partial charge in [0.15, 0.2) is 0 Å². The van der Waals surface area contributed by atoms with Crippen molar-refractivity contribution in [3.63, 3.8) is 0 Å². The fourth-order valence-electron chi connectivity index (χ4n) is 2.92. The Morgan fingerprint density at radius 3 is 2.38 bits per heavy atom. The van der Waals surface area contributed by atoms with Gasteiger partial charge in [0.2, 0.25) is 0 Å². The number of benzene rings is 1. The van der Waals surface area contributed by atoms with Crippen LogP contribution in [-0.2, 0) is 29.0 Å². The number of hydrogen-bond donors (Lipinski definition) is 1. The van der Waals surface area contributed by atoms with Crippen LogP contribution in [0.3, 0.4) is 0 Å². The highest BCUT2D eigenvalue weighted by molar-refractivity contribution is 8.32. The zero-order valence-electron chi connectivity index (χ0n) is 20.5. The average molecular weight is 528 g/mol. The third-order valence-electron chi connectivity index (χ3n) is 4.78. The van der Waals surface area contributed by atoms with E-state index in [9.17, 15) is 22.1 Å². The van der Waals surface area contributed by atoms with E-state index in [1.54, 1.807) is 20.8 Å². The lowest BCUT2D eigenvalue weighted by atomic mass is 10.1. The Balaban J connectivity index is 2.59. The van der Waals surface area contributed by atoms with Crippen LogP contribution in [0.4, 0.5) is 17.6 Å². The van der Waals surface area contributed by atoms with E-state index in [4.69, 9.17) is 9.47 Å². The summed E-state index contributed by atoms with van der Waals surface area (Å²) in [6.45, 7) is 4.98. The van der Waals surface area contributed by atoms with Gasteiger partial charge in [-0.05, 0) is 57.7 Å². The zero-order chi connectivity index (χ0) is 25.9. The minimum absolute atomic E-state index is 0.114. The molecule has 34 heavy (non-hydrogen) atoms. The monoisotopic (exact) mass is 527 g/mol. The molecule has 194 valence electrons. The summed E-state index contributed by atoms with van der Waals surface area (Å²) in [5.74, 6) is 0.191. The fraction of sp³-hybridized carbons (Fsp3) is 0.591. The Morgan fingerprint density at radius 1 is 1.21 bits per heavy atom. The van der Waals surface area contributed by atoms with Crippen molar-refractivity contribution >= 4 is 21.4 Å². The highest BCUT2D eigenvalue weighted by atomic mass is 32.3. The van der Waals surface area contributed by atoms with Crippen LogP contribution in [0, 0.1) is 5.82 Å². The van der Waals surface area contributed by atoms with E-state index < -0.39 is 56.6 Å². The van der Waals surface area contributed by atoms with Gasteiger partial charge in [0.1, 0.15) is 40.6 Å². The number of aromatic nitrogens is 2. The highest BCUT2D eigenvalue weighted by Crippen LogP contribution is 2.37. The molecule has 0 fully saturated rings. The van der Waals surface area contributed by atoms with E-state index in [0.717, 1.165) is 10.6 Å². The van der Waals surface area contributed by atoms with Crippen LogP contribution in [0.2, 0.25) is 0 Å². The quantitative estimate of drug-likeness (QED) is 0.272. The van der Waals surface area contributed by atoms with Crippen LogP contribution in [0.5, 0.6) is 5.75 Å². The lowest BCUT2D eigenvalue weighted by Crippen LogP contribution is -2.42. The lowest BCUT2D eigenvalue weighted by molar-refractivity contribution is -0.146. The lowest BCUT2D eigenvalue weighted by Gasteiger charge is -2.29. The van der Waals surface area contributed by atoms with Crippen LogP contribution in [0.1, 0.15) is 43.9 Å². The number of hydrogen-bond acceptors (Lipinski definition) is 5. The van der Waals surface area contributed by atoms with Crippen molar-refractivity contribution in [2.24, 2.45) is 0 Å². The van der Waals surface area contributed by atoms with Gasteiger partial charge in [-0.3, -0.25) is 4.57 Å². The van der Waals surface area contributed by atoms with E-state index in [1.165, 1.54) is 19.2 Å². The van der Waals surface area contributed by atoms with E-state index in [1.807, 2.05) is 0 Å². The molecule has 0 bridgehead atoms. The maximum absolute atomic E-state index is 14.2. The van der Waals surface area contributed by atoms with Gasteiger partial charge in [-0.1, -0.05) is 0 Å². The molecule has 2 atom stereocenters. The normalized spacial score (nSPS) is 15.3. The topological polar surface area (TPSA) is 71.4 Å². The maximum Gasteiger partial charge on any atom is 0.433 e. The zero-order valence-corrected chi connectivity index (χ0v) is 22.1. The predicted molar refractivity (Wildman–Crippen MR) is 129 cm³/mol. The summed E-state index contributed by atoms with van der Waals surface area (Å²) in [7, 11) is 0.459. The van der Waals surface area contributed by atoms with Crippen LogP contribution >= 0.6 is 10.0 Å². The summed E-state index contributed by atoms with van der Waals surface area (Å²) in [6, 6.07) is 2.50. The Kier molecular flexibility index (Phi) is 9.36. The number of halogens is 4. The van der Waals surface area contributed by atoms with Crippen LogP contribution < -0.4 is 9.46 Å². The van der Waals surface area contributed by atoms with Crippen LogP contribution in [0.25, 0.3) is 0 Å². The molecule has 2 aromatic rings. The first-order valence-corrected chi connectivity index (χ1v) is 14.6. The molecule has 0 aliphatic rings. The Morgan fingerprint density at radius 2 is 1.85 bits per heavy atom. The standard InChI is InChI=1S/C22H33F4N3O3S2/c1-21(2,3)33(30)28-19(16-12-15(23)8-9-17(16)31-4)20-27-13-18(22(24,25)26)29(20)14-32-10-11-34(5,6)7/h8-9,12-13,19,28H,10-11,14H2,1-7H3. The highest BCUT2D eigenvalue weighted by Gasteiger charge is 2.40. The van der Waals surface area contributed by atoms with Gasteiger partial charge in [-0.25, -0.2) is 19.4 Å². The Labute approximate surface area is 203 Å². The Hall–Kier alpha value is -1.47. The second-order valence-corrected chi connectivity index (χ2v) is 16.2. The number of ether oxygens (including phenoxy) is 2. The van der Waals surface area contributed by atoms with Gasteiger partial charge < -0.3 is 14.0 Å². The molecular formula is C22H33F4N3O3S2. The van der Waals surface area contributed by atoms with Gasteiger partial charge in [-0.15, -0.1) is 4.72 Å². The largest absolute Gasteiger partial charge is 0.598 e. The van der Waals surface area contributed by atoms with Gasteiger partial charge in [0.05, 0.1) is 19.9 Å². The molecule has 0 saturated carbocycles. The van der Waals surface area contributed by atoms with Crippen molar-refractivity contribution in [2.75, 3.05) is 38.2 Å². The molecule has 1 heterocycles. The molecule has 0 amide bonds. The number of nitrogens with zero attached hydrogens (tertiary/aromatic N) is 2. The number of rotatable bonds is 10. The van der Waals surface area contributed by atoms with Crippen LogP contribution in [0.15, 0.2) is 24.4 Å². The van der Waals surface area contributed by atoms with Crippen molar-refractivity contribution in [3.05, 3.63) is 47.3 Å². The van der Waals surface area contributed by atoms with Crippen molar-refractivity contribution in [1.82, 2.24) is 14.3 Å². The average Bonchev–Trinajstić information content (AvgIpc) is 3.11. The summed E-state index contributed by atoms with van der Waals surface area (Å²) in [4.78, 5) is 4.02. The molecule has 0 spiro atoms. The third kappa shape index (κ3) is 7.77. The summed E-state index contributed by atoms with van der Waals surface area (Å²) in [5.41, 5.74) is -0.853. The van der Waals surface area contributed by atoms with E-state index >= 15 is 0 Å². The second kappa shape index (κ2) is 11.1. The van der Waals surface area contributed by atoms with Crippen molar-refractivity contribution in [1.29, 1.82) is 0 Å². The molecule has 6 nitrogen and oxygen atoms in total. The third-order valence-corrected chi connectivity index (χ3v) is 7.73. The second-order valence-electron chi connectivity index (χ2n) is 9.58. The number of imidazole rings is 1. The molecule has 1 aromatic heterocycles. The minimum Gasteiger partial charge on any atom is -0.598 e. The molecule has 2 unspecified atom stereocenters. The molecule has 12 heteroatoms. The molecule has 2 rings (SSSR count). The first-order valence-electron chi connectivity index (χ1n) is 10.4. The first kappa shape index (κ1) is 28.8. The molecule has 0 aliphatic heterocycles. The summed E-state index contributed by atoms with van der Waals surface area (Å²) < 4.78 is 82.5. The SMILES string of the molecule is COc1ccc(F)cc1C(N[S+]([O-])C(C)(C)C)c1ncc(C(F)(F)F)n1COCCS(C)(C)C. The molecule has 1 aromatic carbocycles. The minimum atomic E-state index is -4.70. The molecule has 1 N–H and O–H groups in total. The van der Waals surface area contributed by atoms with Gasteiger partial charge in [0.25, 0.3) is 0 Å². The summed E-state index contributed by atoms with van der Waals surface area (Å²) in [5, 5.41) is 0. The van der Waals surface area contributed by atoms with Crippen molar-refractivity contribution < 1.29 is 31.6 Å². The molecular weight excluding hydrogens is 494 g/mol. The van der Waals surface area contributed by atoms with E-state index in [-0.39, 0.29) is 23.7 Å². The van der Waals surface area contributed by atoms with Crippen molar-refractivity contribution in [2.45, 2.75) is 44.5 Å². The first-order chi connectivity index (χ1) is 15.5. The van der Waals surface area contributed by atoms with E-state index in [0.29, 0.717) is 11.9 Å². The van der Waals surface area contributed by atoms with E-state index in [2.05, 4.69) is 28.5 Å². The predicted octanol–water partition coefficient (Wildman–Crippen LogP) is 4.86. The van der Waals surface area contributed by atoms with Gasteiger partial charge in [0, 0.05) is 22.7 Å². The summed E-state index contributed by atoms with van der Waals surface area (Å²) in [6.07, 6.45) is 2.24. The number of methoxy groups -OCH3 is 1. The molecule has 0 radical (unpaired) electrons. The molecule has 0 saturated heterocycles. The van der Waals surface area contributed by atoms with Crippen molar-refractivity contribution in [3.8, 4) is 5.75 Å². The number of alkyl halides is 3. The fourth-order valence-corrected chi connectivity index (χ4v) is 4.33. The molecule has 0 aliphatic carbocycles.